The van der Waals surface area contributed by atoms with Gasteiger partial charge in [0.05, 0.1) is 11.7 Å². The number of halogens is 1. The van der Waals surface area contributed by atoms with Crippen LogP contribution in [0, 0.1) is 5.82 Å². The first-order valence-electron chi connectivity index (χ1n) is 5.08. The molecule has 4 heteroatoms. The standard InChI is InChI=1S/C11H12FN3/c12-8-1-2-9-5-14-10(15(9)6-8)11(7-13)3-4-11/h1-2,5-6H,3-4,7,13H2. The van der Waals surface area contributed by atoms with Gasteiger partial charge in [0.1, 0.15) is 11.6 Å². The van der Waals surface area contributed by atoms with E-state index in [1.807, 2.05) is 4.40 Å². The molecule has 0 saturated heterocycles. The van der Waals surface area contributed by atoms with Crippen molar-refractivity contribution in [3.05, 3.63) is 36.2 Å². The van der Waals surface area contributed by atoms with Crippen LogP contribution in [-0.2, 0) is 5.41 Å². The van der Waals surface area contributed by atoms with E-state index in [9.17, 15) is 4.39 Å². The summed E-state index contributed by atoms with van der Waals surface area (Å²) in [7, 11) is 0. The number of imidazole rings is 1. The zero-order valence-corrected chi connectivity index (χ0v) is 8.28. The average Bonchev–Trinajstić information content (AvgIpc) is 2.93. The summed E-state index contributed by atoms with van der Waals surface area (Å²) in [6.07, 6.45) is 5.36. The molecular formula is C11H12FN3. The number of fused-ring (bicyclic) bond motifs is 1. The SMILES string of the molecule is NCC1(c2ncc3ccc(F)cn23)CC1. The number of nitrogens with zero attached hydrogens (tertiary/aromatic N) is 2. The van der Waals surface area contributed by atoms with Crippen molar-refractivity contribution in [2.24, 2.45) is 5.73 Å². The van der Waals surface area contributed by atoms with Crippen molar-refractivity contribution in [1.82, 2.24) is 9.38 Å². The second kappa shape index (κ2) is 2.79. The van der Waals surface area contributed by atoms with Gasteiger partial charge in [0.15, 0.2) is 0 Å². The molecule has 0 aliphatic heterocycles. The van der Waals surface area contributed by atoms with E-state index in [1.165, 1.54) is 12.3 Å². The number of pyridine rings is 1. The molecule has 1 fully saturated rings. The predicted octanol–water partition coefficient (Wildman–Crippen LogP) is 1.46. The molecule has 78 valence electrons. The number of aromatic nitrogens is 2. The lowest BCUT2D eigenvalue weighted by atomic mass is 10.1. The minimum Gasteiger partial charge on any atom is -0.329 e. The second-order valence-electron chi connectivity index (χ2n) is 4.21. The van der Waals surface area contributed by atoms with E-state index >= 15 is 0 Å². The number of rotatable bonds is 2. The summed E-state index contributed by atoms with van der Waals surface area (Å²) in [5.74, 6) is 0.661. The maximum atomic E-state index is 13.1. The Bertz CT molecular complexity index is 514. The van der Waals surface area contributed by atoms with E-state index in [0.29, 0.717) is 6.54 Å². The fourth-order valence-corrected chi connectivity index (χ4v) is 2.03. The molecule has 0 spiro atoms. The molecule has 2 aromatic heterocycles. The number of hydrogen-bond acceptors (Lipinski definition) is 2. The van der Waals surface area contributed by atoms with E-state index < -0.39 is 0 Å². The van der Waals surface area contributed by atoms with Crippen LogP contribution in [0.25, 0.3) is 5.52 Å². The van der Waals surface area contributed by atoms with Gasteiger partial charge >= 0.3 is 0 Å². The Labute approximate surface area is 86.7 Å². The molecular weight excluding hydrogens is 193 g/mol. The molecule has 1 aliphatic rings. The van der Waals surface area contributed by atoms with Gasteiger partial charge in [-0.25, -0.2) is 9.37 Å². The highest BCUT2D eigenvalue weighted by atomic mass is 19.1. The van der Waals surface area contributed by atoms with Crippen LogP contribution < -0.4 is 5.73 Å². The van der Waals surface area contributed by atoms with Gasteiger partial charge in [-0.3, -0.25) is 0 Å². The van der Waals surface area contributed by atoms with Crippen LogP contribution in [0.4, 0.5) is 4.39 Å². The number of hydrogen-bond donors (Lipinski definition) is 1. The molecule has 0 amide bonds. The first-order valence-corrected chi connectivity index (χ1v) is 5.08. The third kappa shape index (κ3) is 1.18. The van der Waals surface area contributed by atoms with Gasteiger partial charge in [-0.1, -0.05) is 0 Å². The molecule has 0 unspecified atom stereocenters. The molecule has 1 aliphatic carbocycles. The average molecular weight is 205 g/mol. The third-order valence-electron chi connectivity index (χ3n) is 3.21. The van der Waals surface area contributed by atoms with E-state index in [2.05, 4.69) is 4.98 Å². The monoisotopic (exact) mass is 205 g/mol. The van der Waals surface area contributed by atoms with Gasteiger partial charge < -0.3 is 10.1 Å². The van der Waals surface area contributed by atoms with Crippen LogP contribution in [-0.4, -0.2) is 15.9 Å². The summed E-state index contributed by atoms with van der Waals surface area (Å²) in [4.78, 5) is 4.36. The molecule has 0 atom stereocenters. The maximum Gasteiger partial charge on any atom is 0.139 e. The minimum atomic E-state index is -0.241. The van der Waals surface area contributed by atoms with Crippen molar-refractivity contribution in [2.75, 3.05) is 6.54 Å². The van der Waals surface area contributed by atoms with Gasteiger partial charge in [0.2, 0.25) is 0 Å². The normalized spacial score (nSPS) is 18.3. The zero-order valence-electron chi connectivity index (χ0n) is 8.28. The first-order chi connectivity index (χ1) is 7.25. The van der Waals surface area contributed by atoms with Crippen molar-refractivity contribution < 1.29 is 4.39 Å². The Morgan fingerprint density at radius 1 is 1.47 bits per heavy atom. The van der Waals surface area contributed by atoms with Gasteiger partial charge in [-0.05, 0) is 25.0 Å². The summed E-state index contributed by atoms with van der Waals surface area (Å²) < 4.78 is 14.9. The molecule has 2 heterocycles. The molecule has 3 nitrogen and oxygen atoms in total. The molecule has 2 aromatic rings. The van der Waals surface area contributed by atoms with E-state index in [-0.39, 0.29) is 11.2 Å². The predicted molar refractivity (Wildman–Crippen MR) is 55.1 cm³/mol. The summed E-state index contributed by atoms with van der Waals surface area (Å²) in [6, 6.07) is 3.18. The fourth-order valence-electron chi connectivity index (χ4n) is 2.03. The van der Waals surface area contributed by atoms with Crippen molar-refractivity contribution in [1.29, 1.82) is 0 Å². The van der Waals surface area contributed by atoms with Crippen molar-refractivity contribution in [3.8, 4) is 0 Å². The number of nitrogens with two attached hydrogens (primary N) is 1. The smallest absolute Gasteiger partial charge is 0.139 e. The highest BCUT2D eigenvalue weighted by molar-refractivity contribution is 5.47. The van der Waals surface area contributed by atoms with Crippen LogP contribution in [0.2, 0.25) is 0 Å². The van der Waals surface area contributed by atoms with Crippen LogP contribution in [0.3, 0.4) is 0 Å². The summed E-state index contributed by atoms with van der Waals surface area (Å²) in [5, 5.41) is 0. The Kier molecular flexibility index (Phi) is 1.65. The summed E-state index contributed by atoms with van der Waals surface area (Å²) in [6.45, 7) is 0.586. The minimum absolute atomic E-state index is 0.000208. The Hall–Kier alpha value is -1.42. The van der Waals surface area contributed by atoms with Crippen molar-refractivity contribution in [2.45, 2.75) is 18.3 Å². The van der Waals surface area contributed by atoms with Crippen LogP contribution in [0.5, 0.6) is 0 Å². The molecule has 0 aromatic carbocycles. The van der Waals surface area contributed by atoms with Crippen molar-refractivity contribution in [3.63, 3.8) is 0 Å². The lowest BCUT2D eigenvalue weighted by Gasteiger charge is -2.10. The molecule has 1 saturated carbocycles. The van der Waals surface area contributed by atoms with Gasteiger partial charge in [0.25, 0.3) is 0 Å². The molecule has 2 N–H and O–H groups in total. The molecule has 0 radical (unpaired) electrons. The van der Waals surface area contributed by atoms with Crippen molar-refractivity contribution >= 4 is 5.52 Å². The quantitative estimate of drug-likeness (QED) is 0.806. The molecule has 3 rings (SSSR count). The second-order valence-corrected chi connectivity index (χ2v) is 4.21. The van der Waals surface area contributed by atoms with Gasteiger partial charge in [0, 0.05) is 18.2 Å². The van der Waals surface area contributed by atoms with Gasteiger partial charge in [-0.2, -0.15) is 0 Å². The lowest BCUT2D eigenvalue weighted by molar-refractivity contribution is 0.604. The lowest BCUT2D eigenvalue weighted by Crippen LogP contribution is -2.22. The highest BCUT2D eigenvalue weighted by Gasteiger charge is 2.46. The summed E-state index contributed by atoms with van der Waals surface area (Å²) >= 11 is 0. The third-order valence-corrected chi connectivity index (χ3v) is 3.21. The molecule has 0 bridgehead atoms. The van der Waals surface area contributed by atoms with Crippen LogP contribution in [0.15, 0.2) is 24.5 Å². The highest BCUT2D eigenvalue weighted by Crippen LogP contribution is 2.46. The van der Waals surface area contributed by atoms with Gasteiger partial charge in [-0.15, -0.1) is 0 Å². The molecule has 15 heavy (non-hydrogen) atoms. The Balaban J connectivity index is 2.23. The van der Waals surface area contributed by atoms with E-state index in [0.717, 1.165) is 24.2 Å². The van der Waals surface area contributed by atoms with E-state index in [4.69, 9.17) is 5.73 Å². The Morgan fingerprint density at radius 3 is 2.93 bits per heavy atom. The first kappa shape index (κ1) is 8.85. The summed E-state index contributed by atoms with van der Waals surface area (Å²) in [5.41, 5.74) is 6.66. The Morgan fingerprint density at radius 2 is 2.27 bits per heavy atom. The van der Waals surface area contributed by atoms with E-state index in [1.54, 1.807) is 12.3 Å². The topological polar surface area (TPSA) is 43.3 Å². The van der Waals surface area contributed by atoms with Crippen LogP contribution >= 0.6 is 0 Å². The maximum absolute atomic E-state index is 13.1. The fraction of sp³-hybridized carbons (Fsp3) is 0.364. The zero-order chi connectivity index (χ0) is 10.5. The largest absolute Gasteiger partial charge is 0.329 e. The van der Waals surface area contributed by atoms with Crippen LogP contribution in [0.1, 0.15) is 18.7 Å².